The van der Waals surface area contributed by atoms with Crippen molar-refractivity contribution in [3.8, 4) is 0 Å². The van der Waals surface area contributed by atoms with Gasteiger partial charge in [0.05, 0.1) is 5.57 Å². The van der Waals surface area contributed by atoms with Crippen molar-refractivity contribution >= 4 is 17.4 Å². The van der Waals surface area contributed by atoms with Crippen LogP contribution in [-0.4, -0.2) is 35.2 Å². The molecule has 1 aliphatic heterocycles. The van der Waals surface area contributed by atoms with Crippen LogP contribution in [0.4, 0.5) is 0 Å². The van der Waals surface area contributed by atoms with Crippen LogP contribution in [0.1, 0.15) is 62.1 Å². The van der Waals surface area contributed by atoms with E-state index < -0.39 is 0 Å². The Morgan fingerprint density at radius 3 is 2.13 bits per heavy atom. The van der Waals surface area contributed by atoms with Gasteiger partial charge in [0.25, 0.3) is 11.8 Å². The average Bonchev–Trinajstić information content (AvgIpc) is 3.02. The molecule has 0 bridgehead atoms. The second kappa shape index (κ2) is 10.9. The Bertz CT molecular complexity index is 916. The van der Waals surface area contributed by atoms with Crippen LogP contribution in [0.5, 0.6) is 0 Å². The van der Waals surface area contributed by atoms with Gasteiger partial charge in [-0.25, -0.2) is 0 Å². The molecule has 2 aromatic carbocycles. The molecule has 0 N–H and O–H groups in total. The number of unbranched alkanes of at least 4 members (excludes halogenated alkanes) is 5. The van der Waals surface area contributed by atoms with Gasteiger partial charge in [0.2, 0.25) is 0 Å². The first kappa shape index (κ1) is 22.8. The zero-order valence-electron chi connectivity index (χ0n) is 19.1. The molecule has 0 atom stereocenters. The van der Waals surface area contributed by atoms with E-state index in [-0.39, 0.29) is 11.8 Å². The SMILES string of the molecule is CCCCCCCCN1C(=O)C(c2ccc(C)cc2)=C(N(C)Cc2ccccc2)C1=O. The first-order valence-electron chi connectivity index (χ1n) is 11.5. The summed E-state index contributed by atoms with van der Waals surface area (Å²) in [5.74, 6) is -0.343. The van der Waals surface area contributed by atoms with Gasteiger partial charge in [-0.3, -0.25) is 14.5 Å². The number of aryl methyl sites for hydroxylation is 1. The molecule has 4 nitrogen and oxygen atoms in total. The Balaban J connectivity index is 1.82. The van der Waals surface area contributed by atoms with E-state index in [1.165, 1.54) is 24.2 Å². The number of amides is 2. The van der Waals surface area contributed by atoms with Crippen LogP contribution in [0.3, 0.4) is 0 Å². The first-order valence-corrected chi connectivity index (χ1v) is 11.5. The van der Waals surface area contributed by atoms with Crippen molar-refractivity contribution in [3.05, 3.63) is 77.0 Å². The number of nitrogens with zero attached hydrogens (tertiary/aromatic N) is 2. The van der Waals surface area contributed by atoms with E-state index in [1.807, 2.05) is 73.5 Å². The molecule has 1 aliphatic rings. The summed E-state index contributed by atoms with van der Waals surface area (Å²) < 4.78 is 0. The number of hydrogen-bond donors (Lipinski definition) is 0. The second-order valence-electron chi connectivity index (χ2n) is 8.46. The normalized spacial score (nSPS) is 14.0. The molecule has 0 saturated heterocycles. The topological polar surface area (TPSA) is 40.6 Å². The molecule has 0 spiro atoms. The molecule has 3 rings (SSSR count). The number of carbonyl (C=O) groups is 2. The van der Waals surface area contributed by atoms with Crippen molar-refractivity contribution in [1.82, 2.24) is 9.80 Å². The highest BCUT2D eigenvalue weighted by Gasteiger charge is 2.40. The molecule has 0 aliphatic carbocycles. The Labute approximate surface area is 186 Å². The van der Waals surface area contributed by atoms with E-state index in [0.717, 1.165) is 36.0 Å². The van der Waals surface area contributed by atoms with Crippen molar-refractivity contribution < 1.29 is 9.59 Å². The van der Waals surface area contributed by atoms with Crippen molar-refractivity contribution in [2.45, 2.75) is 58.9 Å². The highest BCUT2D eigenvalue weighted by Crippen LogP contribution is 2.32. The maximum absolute atomic E-state index is 13.4. The summed E-state index contributed by atoms with van der Waals surface area (Å²) in [6.45, 7) is 5.29. The molecular weight excluding hydrogens is 384 g/mol. The number of imide groups is 1. The van der Waals surface area contributed by atoms with Crippen LogP contribution in [-0.2, 0) is 16.1 Å². The quantitative estimate of drug-likeness (QED) is 0.354. The Hall–Kier alpha value is -2.88. The molecule has 0 aromatic heterocycles. The van der Waals surface area contributed by atoms with Crippen LogP contribution >= 0.6 is 0 Å². The van der Waals surface area contributed by atoms with Gasteiger partial charge in [-0.1, -0.05) is 99.2 Å². The van der Waals surface area contributed by atoms with Crippen molar-refractivity contribution in [2.24, 2.45) is 0 Å². The fourth-order valence-electron chi connectivity index (χ4n) is 4.09. The summed E-state index contributed by atoms with van der Waals surface area (Å²) in [7, 11) is 1.90. The third-order valence-electron chi connectivity index (χ3n) is 5.86. The minimum Gasteiger partial charge on any atom is -0.365 e. The van der Waals surface area contributed by atoms with Gasteiger partial charge in [0.15, 0.2) is 0 Å². The van der Waals surface area contributed by atoms with Crippen molar-refractivity contribution in [2.75, 3.05) is 13.6 Å². The lowest BCUT2D eigenvalue weighted by molar-refractivity contribution is -0.137. The second-order valence-corrected chi connectivity index (χ2v) is 8.46. The van der Waals surface area contributed by atoms with E-state index in [2.05, 4.69) is 6.92 Å². The smallest absolute Gasteiger partial charge is 0.277 e. The van der Waals surface area contributed by atoms with E-state index in [9.17, 15) is 9.59 Å². The van der Waals surface area contributed by atoms with E-state index in [0.29, 0.717) is 24.4 Å². The number of hydrogen-bond acceptors (Lipinski definition) is 3. The zero-order chi connectivity index (χ0) is 22.2. The number of likely N-dealkylation sites (N-methyl/N-ethyl adjacent to an activating group) is 1. The number of rotatable bonds is 11. The molecule has 2 aromatic rings. The zero-order valence-corrected chi connectivity index (χ0v) is 19.1. The van der Waals surface area contributed by atoms with Gasteiger partial charge >= 0.3 is 0 Å². The summed E-state index contributed by atoms with van der Waals surface area (Å²) >= 11 is 0. The summed E-state index contributed by atoms with van der Waals surface area (Å²) in [5, 5.41) is 0. The third-order valence-corrected chi connectivity index (χ3v) is 5.86. The van der Waals surface area contributed by atoms with Crippen LogP contribution in [0.2, 0.25) is 0 Å². The molecule has 4 heteroatoms. The predicted octanol–water partition coefficient (Wildman–Crippen LogP) is 5.57. The molecule has 164 valence electrons. The van der Waals surface area contributed by atoms with Crippen LogP contribution in [0.25, 0.3) is 5.57 Å². The predicted molar refractivity (Wildman–Crippen MR) is 126 cm³/mol. The molecule has 0 unspecified atom stereocenters. The maximum Gasteiger partial charge on any atom is 0.277 e. The summed E-state index contributed by atoms with van der Waals surface area (Å²) in [6.07, 6.45) is 6.74. The number of carbonyl (C=O) groups excluding carboxylic acids is 2. The summed E-state index contributed by atoms with van der Waals surface area (Å²) in [6, 6.07) is 17.9. The molecule has 0 radical (unpaired) electrons. The average molecular weight is 419 g/mol. The van der Waals surface area contributed by atoms with Gasteiger partial charge in [0.1, 0.15) is 5.70 Å². The Kier molecular flexibility index (Phi) is 8.05. The van der Waals surface area contributed by atoms with Gasteiger partial charge in [-0.2, -0.15) is 0 Å². The van der Waals surface area contributed by atoms with E-state index >= 15 is 0 Å². The Morgan fingerprint density at radius 1 is 0.806 bits per heavy atom. The fraction of sp³-hybridized carbons (Fsp3) is 0.407. The summed E-state index contributed by atoms with van der Waals surface area (Å²) in [4.78, 5) is 30.1. The van der Waals surface area contributed by atoms with Gasteiger partial charge in [-0.15, -0.1) is 0 Å². The van der Waals surface area contributed by atoms with E-state index in [4.69, 9.17) is 0 Å². The molecular formula is C27H34N2O2. The lowest BCUT2D eigenvalue weighted by atomic mass is 10.0. The lowest BCUT2D eigenvalue weighted by Gasteiger charge is -2.21. The largest absolute Gasteiger partial charge is 0.365 e. The van der Waals surface area contributed by atoms with Crippen LogP contribution < -0.4 is 0 Å². The van der Waals surface area contributed by atoms with Gasteiger partial charge < -0.3 is 4.90 Å². The summed E-state index contributed by atoms with van der Waals surface area (Å²) in [5.41, 5.74) is 4.07. The number of benzene rings is 2. The molecule has 1 heterocycles. The first-order chi connectivity index (χ1) is 15.0. The van der Waals surface area contributed by atoms with Gasteiger partial charge in [0, 0.05) is 20.1 Å². The molecule has 2 amide bonds. The minimum atomic E-state index is -0.174. The van der Waals surface area contributed by atoms with Crippen molar-refractivity contribution in [1.29, 1.82) is 0 Å². The third kappa shape index (κ3) is 5.63. The molecule has 0 saturated carbocycles. The van der Waals surface area contributed by atoms with Crippen molar-refractivity contribution in [3.63, 3.8) is 0 Å². The van der Waals surface area contributed by atoms with E-state index in [1.54, 1.807) is 0 Å². The highest BCUT2D eigenvalue weighted by atomic mass is 16.2. The standard InChI is InChI=1S/C27H34N2O2/c1-4-5-6-7-8-12-19-29-26(30)24(23-17-15-21(2)16-18-23)25(27(29)31)28(3)20-22-13-10-9-11-14-22/h9-11,13-18H,4-8,12,19-20H2,1-3H3. The maximum atomic E-state index is 13.4. The Morgan fingerprint density at radius 2 is 1.45 bits per heavy atom. The fourth-order valence-corrected chi connectivity index (χ4v) is 4.09. The monoisotopic (exact) mass is 418 g/mol. The minimum absolute atomic E-state index is 0.169. The van der Waals surface area contributed by atoms with Gasteiger partial charge in [-0.05, 0) is 24.5 Å². The van der Waals surface area contributed by atoms with Crippen LogP contribution in [0, 0.1) is 6.92 Å². The highest BCUT2D eigenvalue weighted by molar-refractivity contribution is 6.35. The lowest BCUT2D eigenvalue weighted by Crippen LogP contribution is -2.34. The molecule has 31 heavy (non-hydrogen) atoms. The molecule has 0 fully saturated rings. The van der Waals surface area contributed by atoms with Crippen LogP contribution in [0.15, 0.2) is 60.3 Å².